The average Bonchev–Trinajstić information content (AvgIpc) is 2.69. The van der Waals surface area contributed by atoms with Crippen LogP contribution in [0.3, 0.4) is 0 Å². The number of carboxylic acid groups (broad SMARTS) is 1. The van der Waals surface area contributed by atoms with Crippen LogP contribution in [0, 0.1) is 0 Å². The van der Waals surface area contributed by atoms with Crippen LogP contribution >= 0.6 is 0 Å². The van der Waals surface area contributed by atoms with E-state index in [4.69, 9.17) is 15.6 Å². The Bertz CT molecular complexity index is 474. The third-order valence-electron chi connectivity index (χ3n) is 3.37. The average molecular weight is 250 g/mol. The molecular weight excluding hydrogens is 232 g/mol. The molecule has 0 radical (unpaired) electrons. The van der Waals surface area contributed by atoms with Crippen molar-refractivity contribution >= 4 is 11.7 Å². The van der Waals surface area contributed by atoms with Crippen LogP contribution in [0.1, 0.15) is 23.6 Å². The molecule has 0 bridgehead atoms. The quantitative estimate of drug-likeness (QED) is 0.838. The monoisotopic (exact) mass is 250 g/mol. The van der Waals surface area contributed by atoms with Crippen LogP contribution in [-0.2, 0) is 11.2 Å². The summed E-state index contributed by atoms with van der Waals surface area (Å²) in [6.07, 6.45) is 0.813. The van der Waals surface area contributed by atoms with Gasteiger partial charge in [-0.3, -0.25) is 4.79 Å². The number of anilines is 1. The number of ether oxygens (including phenoxy) is 1. The number of hydrogen-bond acceptors (Lipinski definition) is 4. The second-order valence-electron chi connectivity index (χ2n) is 4.56. The number of carbonyl (C=O) groups is 1. The predicted octanol–water partition coefficient (Wildman–Crippen LogP) is 1.16. The minimum absolute atomic E-state index is 0.0923. The molecular formula is C13H18N2O3. The summed E-state index contributed by atoms with van der Waals surface area (Å²) in [5, 5.41) is 8.82. The minimum Gasteiger partial charge on any atom is -0.496 e. The SMILES string of the molecule is COc1c(C(N)CC(=O)O)ccc2c1CCN2C. The highest BCUT2D eigenvalue weighted by molar-refractivity contribution is 5.70. The fourth-order valence-corrected chi connectivity index (χ4v) is 2.47. The molecule has 3 N–H and O–H groups in total. The summed E-state index contributed by atoms with van der Waals surface area (Å²) in [7, 11) is 3.63. The summed E-state index contributed by atoms with van der Waals surface area (Å²) in [5.41, 5.74) is 8.96. The van der Waals surface area contributed by atoms with Gasteiger partial charge in [-0.15, -0.1) is 0 Å². The molecule has 0 amide bonds. The topological polar surface area (TPSA) is 75.8 Å². The maximum absolute atomic E-state index is 10.7. The molecule has 1 heterocycles. The van der Waals surface area contributed by atoms with Crippen molar-refractivity contribution in [2.24, 2.45) is 5.73 Å². The van der Waals surface area contributed by atoms with Gasteiger partial charge in [0.25, 0.3) is 0 Å². The van der Waals surface area contributed by atoms with Crippen LogP contribution < -0.4 is 15.4 Å². The van der Waals surface area contributed by atoms with Crippen molar-refractivity contribution in [3.63, 3.8) is 0 Å². The molecule has 0 aromatic heterocycles. The van der Waals surface area contributed by atoms with Gasteiger partial charge in [-0.1, -0.05) is 6.07 Å². The van der Waals surface area contributed by atoms with Gasteiger partial charge in [-0.2, -0.15) is 0 Å². The second-order valence-corrected chi connectivity index (χ2v) is 4.56. The lowest BCUT2D eigenvalue weighted by Gasteiger charge is -2.18. The van der Waals surface area contributed by atoms with E-state index >= 15 is 0 Å². The lowest BCUT2D eigenvalue weighted by Crippen LogP contribution is -2.16. The Kier molecular flexibility index (Phi) is 3.43. The van der Waals surface area contributed by atoms with E-state index in [0.717, 1.165) is 35.5 Å². The van der Waals surface area contributed by atoms with E-state index in [9.17, 15) is 4.79 Å². The number of hydrogen-bond donors (Lipinski definition) is 2. The van der Waals surface area contributed by atoms with Gasteiger partial charge < -0.3 is 20.5 Å². The predicted molar refractivity (Wildman–Crippen MR) is 69.1 cm³/mol. The Morgan fingerprint density at radius 2 is 2.33 bits per heavy atom. The van der Waals surface area contributed by atoms with E-state index < -0.39 is 12.0 Å². The molecule has 5 heteroatoms. The third kappa shape index (κ3) is 2.13. The molecule has 0 aliphatic carbocycles. The van der Waals surface area contributed by atoms with Gasteiger partial charge in [0.1, 0.15) is 5.75 Å². The van der Waals surface area contributed by atoms with Gasteiger partial charge in [-0.05, 0) is 12.5 Å². The number of nitrogens with two attached hydrogens (primary N) is 1. The smallest absolute Gasteiger partial charge is 0.305 e. The molecule has 5 nitrogen and oxygen atoms in total. The fourth-order valence-electron chi connectivity index (χ4n) is 2.47. The molecule has 1 aromatic carbocycles. The molecule has 1 aliphatic rings. The summed E-state index contributed by atoms with van der Waals surface area (Å²) in [5.74, 6) is -0.159. The molecule has 98 valence electrons. The summed E-state index contributed by atoms with van der Waals surface area (Å²) in [6.45, 7) is 0.948. The molecule has 0 saturated heterocycles. The van der Waals surface area contributed by atoms with Crippen molar-refractivity contribution in [1.82, 2.24) is 0 Å². The normalized spacial score (nSPS) is 15.4. The lowest BCUT2D eigenvalue weighted by molar-refractivity contribution is -0.137. The Balaban J connectivity index is 2.41. The zero-order valence-corrected chi connectivity index (χ0v) is 10.6. The van der Waals surface area contributed by atoms with E-state index in [1.54, 1.807) is 7.11 Å². The first-order valence-electron chi connectivity index (χ1n) is 5.93. The van der Waals surface area contributed by atoms with E-state index in [2.05, 4.69) is 4.90 Å². The maximum atomic E-state index is 10.7. The summed E-state index contributed by atoms with van der Waals surface area (Å²) < 4.78 is 5.44. The Labute approximate surface area is 106 Å². The van der Waals surface area contributed by atoms with Crippen molar-refractivity contribution in [2.45, 2.75) is 18.9 Å². The summed E-state index contributed by atoms with van der Waals surface area (Å²) >= 11 is 0. The Hall–Kier alpha value is -1.75. The fraction of sp³-hybridized carbons (Fsp3) is 0.462. The van der Waals surface area contributed by atoms with Crippen molar-refractivity contribution in [3.05, 3.63) is 23.3 Å². The largest absolute Gasteiger partial charge is 0.496 e. The van der Waals surface area contributed by atoms with Crippen LogP contribution in [0.2, 0.25) is 0 Å². The van der Waals surface area contributed by atoms with Crippen molar-refractivity contribution < 1.29 is 14.6 Å². The number of benzene rings is 1. The van der Waals surface area contributed by atoms with E-state index in [1.165, 1.54) is 0 Å². The van der Waals surface area contributed by atoms with Gasteiger partial charge in [0.2, 0.25) is 0 Å². The number of aliphatic carboxylic acids is 1. The molecule has 0 saturated carbocycles. The van der Waals surface area contributed by atoms with Crippen LogP contribution in [0.4, 0.5) is 5.69 Å². The zero-order chi connectivity index (χ0) is 13.3. The van der Waals surface area contributed by atoms with Gasteiger partial charge in [0, 0.05) is 36.4 Å². The molecule has 1 aromatic rings. The van der Waals surface area contributed by atoms with Gasteiger partial charge >= 0.3 is 5.97 Å². The summed E-state index contributed by atoms with van der Waals surface area (Å²) in [4.78, 5) is 12.9. The molecule has 18 heavy (non-hydrogen) atoms. The Morgan fingerprint density at radius 3 is 2.94 bits per heavy atom. The van der Waals surface area contributed by atoms with Crippen LogP contribution in [0.25, 0.3) is 0 Å². The van der Waals surface area contributed by atoms with Crippen LogP contribution in [-0.4, -0.2) is 31.8 Å². The third-order valence-corrected chi connectivity index (χ3v) is 3.37. The molecule has 1 aliphatic heterocycles. The van der Waals surface area contributed by atoms with Crippen LogP contribution in [0.15, 0.2) is 12.1 Å². The molecule has 2 rings (SSSR count). The van der Waals surface area contributed by atoms with Crippen molar-refractivity contribution in [2.75, 3.05) is 25.6 Å². The van der Waals surface area contributed by atoms with E-state index in [-0.39, 0.29) is 6.42 Å². The number of likely N-dealkylation sites (N-methyl/N-ethyl adjacent to an activating group) is 1. The van der Waals surface area contributed by atoms with Crippen molar-refractivity contribution in [1.29, 1.82) is 0 Å². The molecule has 1 atom stereocenters. The summed E-state index contributed by atoms with van der Waals surface area (Å²) in [6, 6.07) is 3.32. The lowest BCUT2D eigenvalue weighted by atomic mass is 9.99. The first-order valence-corrected chi connectivity index (χ1v) is 5.93. The molecule has 0 fully saturated rings. The Morgan fingerprint density at radius 1 is 1.61 bits per heavy atom. The molecule has 1 unspecified atom stereocenters. The molecule has 0 spiro atoms. The number of fused-ring (bicyclic) bond motifs is 1. The number of methoxy groups -OCH3 is 1. The van der Waals surface area contributed by atoms with Gasteiger partial charge in [0.15, 0.2) is 0 Å². The van der Waals surface area contributed by atoms with Crippen molar-refractivity contribution in [3.8, 4) is 5.75 Å². The minimum atomic E-state index is -0.901. The van der Waals surface area contributed by atoms with Gasteiger partial charge in [0.05, 0.1) is 13.5 Å². The second kappa shape index (κ2) is 4.86. The number of carboxylic acids is 1. The standard InChI is InChI=1S/C13H18N2O3/c1-15-6-5-9-11(15)4-3-8(13(9)18-2)10(14)7-12(16)17/h3-4,10H,5-7,14H2,1-2H3,(H,16,17). The first-order chi connectivity index (χ1) is 8.54. The maximum Gasteiger partial charge on any atom is 0.305 e. The van der Waals surface area contributed by atoms with E-state index in [1.807, 2.05) is 19.2 Å². The van der Waals surface area contributed by atoms with Gasteiger partial charge in [-0.25, -0.2) is 0 Å². The highest BCUT2D eigenvalue weighted by Gasteiger charge is 2.24. The number of rotatable bonds is 4. The zero-order valence-electron chi connectivity index (χ0n) is 10.6. The van der Waals surface area contributed by atoms with Crippen LogP contribution in [0.5, 0.6) is 5.75 Å². The highest BCUT2D eigenvalue weighted by Crippen LogP contribution is 2.39. The first kappa shape index (κ1) is 12.7. The van der Waals surface area contributed by atoms with E-state index in [0.29, 0.717) is 0 Å². The number of nitrogens with zero attached hydrogens (tertiary/aromatic N) is 1. The highest BCUT2D eigenvalue weighted by atomic mass is 16.5.